The normalized spacial score (nSPS) is 10.6. The summed E-state index contributed by atoms with van der Waals surface area (Å²) >= 11 is 4.92. The average molecular weight is 473 g/mol. The molecule has 1 heterocycles. The molecule has 0 fully saturated rings. The lowest BCUT2D eigenvalue weighted by atomic mass is 10.2. The molecule has 3 rings (SSSR count). The molecule has 0 saturated carbocycles. The molecular formula is C21H21BrN4O2S. The maximum Gasteiger partial charge on any atom is 0.251 e. The first-order chi connectivity index (χ1) is 14.1. The standard InChI is InChI=1S/C21H21BrN4O2S/c1-29-21-25-12-13-26(21)18-8-6-15(7-9-18)19(27)23-10-3-11-24-20(28)16-4-2-5-17(22)14-16/h2,4-9,12-14H,3,10-11H2,1H3,(H,23,27)(H,24,28). The largest absolute Gasteiger partial charge is 0.352 e. The Morgan fingerprint density at radius 2 is 1.72 bits per heavy atom. The molecule has 0 atom stereocenters. The predicted molar refractivity (Wildman–Crippen MR) is 119 cm³/mol. The highest BCUT2D eigenvalue weighted by atomic mass is 79.9. The summed E-state index contributed by atoms with van der Waals surface area (Å²) in [6.07, 6.45) is 6.27. The third kappa shape index (κ3) is 5.71. The van der Waals surface area contributed by atoms with Crippen LogP contribution < -0.4 is 10.6 Å². The van der Waals surface area contributed by atoms with Crippen LogP contribution in [0.1, 0.15) is 27.1 Å². The van der Waals surface area contributed by atoms with Crippen molar-refractivity contribution in [3.05, 3.63) is 76.5 Å². The number of thioether (sulfide) groups is 1. The summed E-state index contributed by atoms with van der Waals surface area (Å²) in [6, 6.07) is 14.6. The van der Waals surface area contributed by atoms with E-state index in [1.54, 1.807) is 42.2 Å². The van der Waals surface area contributed by atoms with Crippen molar-refractivity contribution in [3.8, 4) is 5.69 Å². The summed E-state index contributed by atoms with van der Waals surface area (Å²) in [5.41, 5.74) is 2.16. The van der Waals surface area contributed by atoms with Gasteiger partial charge in [-0.3, -0.25) is 14.2 Å². The third-order valence-electron chi connectivity index (χ3n) is 4.21. The van der Waals surface area contributed by atoms with E-state index >= 15 is 0 Å². The van der Waals surface area contributed by atoms with Gasteiger partial charge in [-0.05, 0) is 55.1 Å². The molecule has 0 saturated heterocycles. The van der Waals surface area contributed by atoms with E-state index in [4.69, 9.17) is 0 Å². The van der Waals surface area contributed by atoms with Crippen LogP contribution >= 0.6 is 27.7 Å². The summed E-state index contributed by atoms with van der Waals surface area (Å²) in [5.74, 6) is -0.261. The quantitative estimate of drug-likeness (QED) is 0.384. The molecule has 2 aromatic carbocycles. The first-order valence-electron chi connectivity index (χ1n) is 9.08. The highest BCUT2D eigenvalue weighted by Gasteiger charge is 2.08. The summed E-state index contributed by atoms with van der Waals surface area (Å²) in [4.78, 5) is 28.6. The topological polar surface area (TPSA) is 76.0 Å². The van der Waals surface area contributed by atoms with E-state index in [0.717, 1.165) is 15.3 Å². The molecule has 29 heavy (non-hydrogen) atoms. The predicted octanol–water partition coefficient (Wildman–Crippen LogP) is 3.91. The van der Waals surface area contributed by atoms with Crippen molar-refractivity contribution in [2.24, 2.45) is 0 Å². The molecule has 1 aromatic heterocycles. The second-order valence-corrected chi connectivity index (χ2v) is 7.90. The van der Waals surface area contributed by atoms with Crippen molar-refractivity contribution in [3.63, 3.8) is 0 Å². The second-order valence-electron chi connectivity index (χ2n) is 6.21. The number of amides is 2. The smallest absolute Gasteiger partial charge is 0.251 e. The Bertz CT molecular complexity index is 988. The van der Waals surface area contributed by atoms with Crippen LogP contribution in [0.4, 0.5) is 0 Å². The van der Waals surface area contributed by atoms with Gasteiger partial charge in [-0.2, -0.15) is 0 Å². The van der Waals surface area contributed by atoms with Crippen molar-refractivity contribution < 1.29 is 9.59 Å². The zero-order valence-electron chi connectivity index (χ0n) is 15.9. The van der Waals surface area contributed by atoms with Gasteiger partial charge in [0, 0.05) is 46.8 Å². The number of rotatable bonds is 8. The van der Waals surface area contributed by atoms with E-state index in [-0.39, 0.29) is 11.8 Å². The third-order valence-corrected chi connectivity index (χ3v) is 5.37. The fourth-order valence-electron chi connectivity index (χ4n) is 2.74. The van der Waals surface area contributed by atoms with Crippen molar-refractivity contribution in [1.82, 2.24) is 20.2 Å². The van der Waals surface area contributed by atoms with Crippen molar-refractivity contribution in [1.29, 1.82) is 0 Å². The number of halogens is 1. The summed E-state index contributed by atoms with van der Waals surface area (Å²) < 4.78 is 2.83. The molecule has 0 aliphatic rings. The number of benzene rings is 2. The van der Waals surface area contributed by atoms with Gasteiger partial charge in [-0.25, -0.2) is 4.98 Å². The van der Waals surface area contributed by atoms with Crippen molar-refractivity contribution >= 4 is 39.5 Å². The van der Waals surface area contributed by atoms with Gasteiger partial charge in [0.1, 0.15) is 0 Å². The molecule has 0 bridgehead atoms. The second kappa shape index (κ2) is 10.3. The Hall–Kier alpha value is -2.58. The van der Waals surface area contributed by atoms with Gasteiger partial charge in [-0.15, -0.1) is 0 Å². The maximum atomic E-state index is 12.3. The Kier molecular flexibility index (Phi) is 7.48. The van der Waals surface area contributed by atoms with E-state index in [0.29, 0.717) is 30.6 Å². The first kappa shape index (κ1) is 21.1. The van der Waals surface area contributed by atoms with Gasteiger partial charge < -0.3 is 10.6 Å². The number of hydrogen-bond acceptors (Lipinski definition) is 4. The Morgan fingerprint density at radius 1 is 1.03 bits per heavy atom. The molecule has 2 amide bonds. The molecule has 0 aliphatic carbocycles. The van der Waals surface area contributed by atoms with Crippen LogP contribution in [-0.2, 0) is 0 Å². The number of aromatic nitrogens is 2. The molecule has 3 aromatic rings. The average Bonchev–Trinajstić information content (AvgIpc) is 3.22. The SMILES string of the molecule is CSc1nccn1-c1ccc(C(=O)NCCCNC(=O)c2cccc(Br)c2)cc1. The zero-order valence-corrected chi connectivity index (χ0v) is 18.3. The lowest BCUT2D eigenvalue weighted by Gasteiger charge is -2.09. The van der Waals surface area contributed by atoms with Crippen molar-refractivity contribution in [2.45, 2.75) is 11.6 Å². The van der Waals surface area contributed by atoms with Crippen LogP contribution in [-0.4, -0.2) is 40.7 Å². The maximum absolute atomic E-state index is 12.3. The number of imidazole rings is 1. The lowest BCUT2D eigenvalue weighted by molar-refractivity contribution is 0.0951. The van der Waals surface area contributed by atoms with Crippen LogP contribution in [0.5, 0.6) is 0 Å². The fraction of sp³-hybridized carbons (Fsp3) is 0.190. The molecule has 6 nitrogen and oxygen atoms in total. The summed E-state index contributed by atoms with van der Waals surface area (Å²) in [7, 11) is 0. The monoisotopic (exact) mass is 472 g/mol. The van der Waals surface area contributed by atoms with Gasteiger partial charge in [0.15, 0.2) is 5.16 Å². The van der Waals surface area contributed by atoms with Crippen LogP contribution in [0.3, 0.4) is 0 Å². The van der Waals surface area contributed by atoms with Gasteiger partial charge in [-0.1, -0.05) is 33.8 Å². The van der Waals surface area contributed by atoms with Crippen LogP contribution in [0, 0.1) is 0 Å². The minimum atomic E-state index is -0.134. The summed E-state index contributed by atoms with van der Waals surface area (Å²) in [5, 5.41) is 6.62. The van der Waals surface area contributed by atoms with E-state index in [1.807, 2.05) is 41.3 Å². The lowest BCUT2D eigenvalue weighted by Crippen LogP contribution is -2.29. The number of carbonyl (C=O) groups excluding carboxylic acids is 2. The number of hydrogen-bond donors (Lipinski definition) is 2. The molecule has 8 heteroatoms. The van der Waals surface area contributed by atoms with Crippen LogP contribution in [0.15, 0.2) is 70.6 Å². The number of carbonyl (C=O) groups is 2. The molecule has 0 aliphatic heterocycles. The molecule has 0 radical (unpaired) electrons. The zero-order chi connectivity index (χ0) is 20.6. The van der Waals surface area contributed by atoms with Crippen molar-refractivity contribution in [2.75, 3.05) is 19.3 Å². The van der Waals surface area contributed by atoms with E-state index in [2.05, 4.69) is 31.5 Å². The van der Waals surface area contributed by atoms with Gasteiger partial charge in [0.05, 0.1) is 0 Å². The Morgan fingerprint density at radius 3 is 2.38 bits per heavy atom. The molecule has 0 spiro atoms. The van der Waals surface area contributed by atoms with E-state index in [1.165, 1.54) is 0 Å². The van der Waals surface area contributed by atoms with Gasteiger partial charge in [0.25, 0.3) is 11.8 Å². The minimum Gasteiger partial charge on any atom is -0.352 e. The number of nitrogens with zero attached hydrogens (tertiary/aromatic N) is 2. The minimum absolute atomic E-state index is 0.127. The first-order valence-corrected chi connectivity index (χ1v) is 11.1. The Labute approximate surface area is 182 Å². The molecule has 2 N–H and O–H groups in total. The van der Waals surface area contributed by atoms with Gasteiger partial charge >= 0.3 is 0 Å². The summed E-state index contributed by atoms with van der Waals surface area (Å²) in [6.45, 7) is 0.972. The highest BCUT2D eigenvalue weighted by Crippen LogP contribution is 2.18. The van der Waals surface area contributed by atoms with Crippen LogP contribution in [0.25, 0.3) is 5.69 Å². The van der Waals surface area contributed by atoms with E-state index < -0.39 is 0 Å². The Balaban J connectivity index is 1.43. The highest BCUT2D eigenvalue weighted by molar-refractivity contribution is 9.10. The van der Waals surface area contributed by atoms with E-state index in [9.17, 15) is 9.59 Å². The van der Waals surface area contributed by atoms with Gasteiger partial charge in [0.2, 0.25) is 0 Å². The fourth-order valence-corrected chi connectivity index (χ4v) is 3.67. The molecule has 150 valence electrons. The van der Waals surface area contributed by atoms with Crippen LogP contribution in [0.2, 0.25) is 0 Å². The molecular weight excluding hydrogens is 452 g/mol. The number of nitrogens with one attached hydrogen (secondary N) is 2. The molecule has 0 unspecified atom stereocenters.